The van der Waals surface area contributed by atoms with Crippen LogP contribution in [0.15, 0.2) is 103 Å². The number of anilines is 3. The van der Waals surface area contributed by atoms with E-state index in [0.717, 1.165) is 54.4 Å². The molecule has 1 aliphatic rings. The summed E-state index contributed by atoms with van der Waals surface area (Å²) in [5.74, 6) is 0.201. The van der Waals surface area contributed by atoms with Crippen molar-refractivity contribution in [1.29, 1.82) is 0 Å². The van der Waals surface area contributed by atoms with E-state index in [1.165, 1.54) is 0 Å². The van der Waals surface area contributed by atoms with Crippen LogP contribution in [0.25, 0.3) is 0 Å². The molecule has 1 aliphatic heterocycles. The van der Waals surface area contributed by atoms with Crippen LogP contribution < -0.4 is 19.9 Å². The van der Waals surface area contributed by atoms with Crippen molar-refractivity contribution < 1.29 is 14.3 Å². The fourth-order valence-electron chi connectivity index (χ4n) is 5.82. The predicted octanol–water partition coefficient (Wildman–Crippen LogP) is 6.27. The summed E-state index contributed by atoms with van der Waals surface area (Å²) >= 11 is 0. The van der Waals surface area contributed by atoms with Gasteiger partial charge in [-0.1, -0.05) is 72.8 Å². The van der Waals surface area contributed by atoms with Gasteiger partial charge in [0.15, 0.2) is 0 Å². The average molecular weight is 577 g/mol. The van der Waals surface area contributed by atoms with Gasteiger partial charge in [-0.15, -0.1) is 0 Å². The topological polar surface area (TPSA) is 65.1 Å². The molecule has 0 bridgehead atoms. The summed E-state index contributed by atoms with van der Waals surface area (Å²) in [6, 6.07) is 33.4. The molecule has 1 heterocycles. The first-order chi connectivity index (χ1) is 21.0. The van der Waals surface area contributed by atoms with Gasteiger partial charge in [-0.05, 0) is 55.3 Å². The van der Waals surface area contributed by atoms with Gasteiger partial charge < -0.3 is 24.8 Å². The van der Waals surface area contributed by atoms with Crippen molar-refractivity contribution in [2.45, 2.75) is 19.8 Å². The second-order valence-electron chi connectivity index (χ2n) is 10.6. The van der Waals surface area contributed by atoms with Crippen LogP contribution in [0.1, 0.15) is 41.3 Å². The quantitative estimate of drug-likeness (QED) is 0.241. The van der Waals surface area contributed by atoms with E-state index in [-0.39, 0.29) is 11.8 Å². The Morgan fingerprint density at radius 3 is 1.84 bits per heavy atom. The van der Waals surface area contributed by atoms with Crippen molar-refractivity contribution >= 4 is 28.9 Å². The second kappa shape index (κ2) is 13.9. The van der Waals surface area contributed by atoms with E-state index in [4.69, 9.17) is 4.74 Å². The number of amides is 2. The summed E-state index contributed by atoms with van der Waals surface area (Å²) in [4.78, 5) is 34.0. The molecule has 4 aromatic rings. The third-order valence-corrected chi connectivity index (χ3v) is 8.12. The Hall–Kier alpha value is -4.78. The lowest BCUT2D eigenvalue weighted by atomic mass is 9.90. The van der Waals surface area contributed by atoms with Crippen LogP contribution in [0.5, 0.6) is 5.75 Å². The highest BCUT2D eigenvalue weighted by atomic mass is 16.5. The number of ether oxygens (including phenoxy) is 1. The highest BCUT2D eigenvalue weighted by Gasteiger charge is 2.27. The number of nitrogens with zero attached hydrogens (tertiary/aromatic N) is 3. The van der Waals surface area contributed by atoms with Gasteiger partial charge in [0.1, 0.15) is 5.75 Å². The fraction of sp³-hybridized carbons (Fsp3) is 0.278. The molecule has 0 atom stereocenters. The molecule has 1 N–H and O–H groups in total. The zero-order chi connectivity index (χ0) is 30.2. The van der Waals surface area contributed by atoms with E-state index in [0.29, 0.717) is 24.3 Å². The van der Waals surface area contributed by atoms with Gasteiger partial charge in [0.25, 0.3) is 5.91 Å². The number of methoxy groups -OCH3 is 1. The minimum absolute atomic E-state index is 0.0362. The highest BCUT2D eigenvalue weighted by molar-refractivity contribution is 6.03. The molecule has 0 aromatic heterocycles. The molecule has 5 rings (SSSR count). The maximum Gasteiger partial charge on any atom is 0.256 e. The van der Waals surface area contributed by atoms with Crippen molar-refractivity contribution in [1.82, 2.24) is 4.90 Å². The number of hydrogen-bond donors (Lipinski definition) is 1. The number of hydrogen-bond acceptors (Lipinski definition) is 5. The molecular formula is C36H40N4O3. The third kappa shape index (κ3) is 6.67. The molecule has 0 unspecified atom stereocenters. The van der Waals surface area contributed by atoms with Gasteiger partial charge in [-0.3, -0.25) is 9.59 Å². The van der Waals surface area contributed by atoms with E-state index in [1.807, 2.05) is 116 Å². The molecule has 0 spiro atoms. The van der Waals surface area contributed by atoms with Gasteiger partial charge in [0.05, 0.1) is 24.3 Å². The molecule has 1 saturated heterocycles. The van der Waals surface area contributed by atoms with Crippen LogP contribution in [0.4, 0.5) is 17.1 Å². The number of carbonyl (C=O) groups excluding carboxylic acids is 2. The summed E-state index contributed by atoms with van der Waals surface area (Å²) in [5.41, 5.74) is 4.99. The van der Waals surface area contributed by atoms with Crippen molar-refractivity contribution in [2.24, 2.45) is 0 Å². The number of para-hydroxylation sites is 2. The maximum absolute atomic E-state index is 13.8. The normalized spacial score (nSPS) is 13.1. The minimum Gasteiger partial charge on any atom is -0.495 e. The summed E-state index contributed by atoms with van der Waals surface area (Å²) in [6.07, 6.45) is 0. The van der Waals surface area contributed by atoms with Crippen LogP contribution in [-0.4, -0.2) is 63.1 Å². The van der Waals surface area contributed by atoms with Crippen LogP contribution in [0.3, 0.4) is 0 Å². The lowest BCUT2D eigenvalue weighted by Crippen LogP contribution is -2.47. The van der Waals surface area contributed by atoms with Gasteiger partial charge in [-0.25, -0.2) is 0 Å². The van der Waals surface area contributed by atoms with Crippen LogP contribution >= 0.6 is 0 Å². The molecule has 1 fully saturated rings. The monoisotopic (exact) mass is 576 g/mol. The van der Waals surface area contributed by atoms with Gasteiger partial charge in [0, 0.05) is 50.6 Å². The maximum atomic E-state index is 13.8. The number of benzene rings is 4. The number of nitrogens with one attached hydrogen (secondary N) is 1. The first kappa shape index (κ1) is 29.7. The summed E-state index contributed by atoms with van der Waals surface area (Å²) in [5, 5.41) is 3.13. The molecular weight excluding hydrogens is 536 g/mol. The zero-order valence-corrected chi connectivity index (χ0v) is 25.2. The summed E-state index contributed by atoms with van der Waals surface area (Å²) in [6.45, 7) is 8.31. The van der Waals surface area contributed by atoms with Crippen molar-refractivity contribution in [3.8, 4) is 5.75 Å². The molecule has 0 aliphatic carbocycles. The van der Waals surface area contributed by atoms with Gasteiger partial charge in [0.2, 0.25) is 5.91 Å². The molecule has 7 heteroatoms. The van der Waals surface area contributed by atoms with Crippen LogP contribution in [0.2, 0.25) is 0 Å². The van der Waals surface area contributed by atoms with E-state index in [9.17, 15) is 9.59 Å². The SMILES string of the molecule is CCN(CC)C(=O)c1cc(NC(=O)C(c2ccccc2)c2ccccc2)ccc1N1CCN(c2ccccc2OC)CC1. The van der Waals surface area contributed by atoms with E-state index < -0.39 is 5.92 Å². The molecule has 7 nitrogen and oxygen atoms in total. The molecule has 0 radical (unpaired) electrons. The Bertz CT molecular complexity index is 1470. The number of rotatable bonds is 10. The van der Waals surface area contributed by atoms with Crippen molar-refractivity contribution in [2.75, 3.05) is 61.5 Å². The third-order valence-electron chi connectivity index (χ3n) is 8.12. The number of carbonyl (C=O) groups is 2. The Labute approximate surface area is 254 Å². The van der Waals surface area contributed by atoms with E-state index >= 15 is 0 Å². The second-order valence-corrected chi connectivity index (χ2v) is 10.6. The van der Waals surface area contributed by atoms with E-state index in [1.54, 1.807) is 7.11 Å². The smallest absolute Gasteiger partial charge is 0.256 e. The fourth-order valence-corrected chi connectivity index (χ4v) is 5.82. The summed E-state index contributed by atoms with van der Waals surface area (Å²) in [7, 11) is 1.70. The molecule has 4 aromatic carbocycles. The Kier molecular flexibility index (Phi) is 9.62. The van der Waals surface area contributed by atoms with Gasteiger partial charge in [-0.2, -0.15) is 0 Å². The first-order valence-corrected chi connectivity index (χ1v) is 15.0. The lowest BCUT2D eigenvalue weighted by molar-refractivity contribution is -0.116. The summed E-state index contributed by atoms with van der Waals surface area (Å²) < 4.78 is 5.59. The highest BCUT2D eigenvalue weighted by Crippen LogP contribution is 2.32. The minimum atomic E-state index is -0.480. The largest absolute Gasteiger partial charge is 0.495 e. The van der Waals surface area contributed by atoms with Crippen LogP contribution in [0, 0.1) is 0 Å². The standard InChI is InChI=1S/C36H40N4O3/c1-4-38(5-2)36(42)30-26-29(37-35(41)34(27-14-8-6-9-15-27)28-16-10-7-11-17-28)20-21-31(30)39-22-24-40(25-23-39)32-18-12-13-19-33(32)43-3/h6-21,26,34H,4-5,22-25H2,1-3H3,(H,37,41). The Balaban J connectivity index is 1.42. The molecule has 0 saturated carbocycles. The molecule has 222 valence electrons. The Morgan fingerprint density at radius 2 is 1.28 bits per heavy atom. The number of piperazine rings is 1. The molecule has 2 amide bonds. The molecule has 43 heavy (non-hydrogen) atoms. The van der Waals surface area contributed by atoms with Crippen molar-refractivity contribution in [3.63, 3.8) is 0 Å². The van der Waals surface area contributed by atoms with E-state index in [2.05, 4.69) is 21.2 Å². The van der Waals surface area contributed by atoms with Gasteiger partial charge >= 0.3 is 0 Å². The van der Waals surface area contributed by atoms with Crippen LogP contribution in [-0.2, 0) is 4.79 Å². The zero-order valence-electron chi connectivity index (χ0n) is 25.2. The first-order valence-electron chi connectivity index (χ1n) is 15.0. The average Bonchev–Trinajstić information content (AvgIpc) is 3.06. The predicted molar refractivity (Wildman–Crippen MR) is 174 cm³/mol. The van der Waals surface area contributed by atoms with Crippen molar-refractivity contribution in [3.05, 3.63) is 120 Å². The Morgan fingerprint density at radius 1 is 0.744 bits per heavy atom. The lowest BCUT2D eigenvalue weighted by Gasteiger charge is -2.38.